The van der Waals surface area contributed by atoms with E-state index in [1.807, 2.05) is 17.8 Å². The number of aromatic nitrogens is 4. The Morgan fingerprint density at radius 1 is 1.47 bits per heavy atom. The minimum absolute atomic E-state index is 0.587. The molecule has 0 unspecified atom stereocenters. The molecule has 0 radical (unpaired) electrons. The zero-order chi connectivity index (χ0) is 10.7. The van der Waals surface area contributed by atoms with Crippen molar-refractivity contribution < 1.29 is 4.52 Å². The molecule has 0 saturated carbocycles. The lowest BCUT2D eigenvalue weighted by molar-refractivity contribution is 0.385. The van der Waals surface area contributed by atoms with Crippen LogP contribution in [0.2, 0.25) is 0 Å². The molecule has 0 aromatic carbocycles. The smallest absolute Gasteiger partial charge is 0.223 e. The molecule has 80 valence electrons. The standard InChI is InChI=1S/C9H13N5O/c1-7-12-8(13-15-7)5-10-6-9-11-3-4-14(9)2/h3-4,10H,5-6H2,1-2H3. The molecule has 6 nitrogen and oxygen atoms in total. The zero-order valence-corrected chi connectivity index (χ0v) is 8.77. The van der Waals surface area contributed by atoms with Crippen LogP contribution in [0.1, 0.15) is 17.5 Å². The fourth-order valence-electron chi connectivity index (χ4n) is 1.27. The van der Waals surface area contributed by atoms with Gasteiger partial charge in [0.25, 0.3) is 0 Å². The summed E-state index contributed by atoms with van der Waals surface area (Å²) in [6.45, 7) is 3.05. The molecular weight excluding hydrogens is 194 g/mol. The summed E-state index contributed by atoms with van der Waals surface area (Å²) in [6, 6.07) is 0. The molecule has 0 aliphatic carbocycles. The summed E-state index contributed by atoms with van der Waals surface area (Å²) in [4.78, 5) is 8.27. The summed E-state index contributed by atoms with van der Waals surface area (Å²) in [7, 11) is 1.96. The first-order valence-electron chi connectivity index (χ1n) is 4.72. The third-order valence-electron chi connectivity index (χ3n) is 2.06. The highest BCUT2D eigenvalue weighted by molar-refractivity contribution is 4.91. The van der Waals surface area contributed by atoms with Crippen LogP contribution in [-0.2, 0) is 20.1 Å². The Balaban J connectivity index is 1.83. The van der Waals surface area contributed by atoms with E-state index in [2.05, 4.69) is 20.4 Å². The molecule has 0 spiro atoms. The maximum Gasteiger partial charge on any atom is 0.223 e. The SMILES string of the molecule is Cc1nc(CNCc2nccn2C)no1. The van der Waals surface area contributed by atoms with Crippen LogP contribution in [0.4, 0.5) is 0 Å². The predicted molar refractivity (Wildman–Crippen MR) is 52.8 cm³/mol. The average Bonchev–Trinajstić information content (AvgIpc) is 2.77. The lowest BCUT2D eigenvalue weighted by Crippen LogP contribution is -2.16. The van der Waals surface area contributed by atoms with E-state index in [1.54, 1.807) is 13.1 Å². The van der Waals surface area contributed by atoms with Crippen LogP contribution < -0.4 is 5.32 Å². The third kappa shape index (κ3) is 2.41. The monoisotopic (exact) mass is 207 g/mol. The Labute approximate surface area is 87.3 Å². The van der Waals surface area contributed by atoms with Crippen LogP contribution in [0, 0.1) is 6.92 Å². The highest BCUT2D eigenvalue weighted by atomic mass is 16.5. The lowest BCUT2D eigenvalue weighted by atomic mass is 10.5. The minimum Gasteiger partial charge on any atom is -0.340 e. The second-order valence-electron chi connectivity index (χ2n) is 3.29. The van der Waals surface area contributed by atoms with Gasteiger partial charge in [-0.15, -0.1) is 0 Å². The largest absolute Gasteiger partial charge is 0.340 e. The van der Waals surface area contributed by atoms with Gasteiger partial charge >= 0.3 is 0 Å². The van der Waals surface area contributed by atoms with Gasteiger partial charge in [-0.1, -0.05) is 5.16 Å². The van der Waals surface area contributed by atoms with Crippen LogP contribution in [0.25, 0.3) is 0 Å². The molecular formula is C9H13N5O. The second kappa shape index (κ2) is 4.22. The summed E-state index contributed by atoms with van der Waals surface area (Å²) >= 11 is 0. The van der Waals surface area contributed by atoms with Crippen molar-refractivity contribution in [2.75, 3.05) is 0 Å². The van der Waals surface area contributed by atoms with E-state index in [4.69, 9.17) is 4.52 Å². The van der Waals surface area contributed by atoms with Crippen molar-refractivity contribution in [1.29, 1.82) is 0 Å². The van der Waals surface area contributed by atoms with Gasteiger partial charge in [0, 0.05) is 26.4 Å². The van der Waals surface area contributed by atoms with Crippen molar-refractivity contribution >= 4 is 0 Å². The van der Waals surface area contributed by atoms with Crippen molar-refractivity contribution in [3.8, 4) is 0 Å². The molecule has 0 atom stereocenters. The molecule has 0 saturated heterocycles. The number of hydrogen-bond acceptors (Lipinski definition) is 5. The van der Waals surface area contributed by atoms with Gasteiger partial charge < -0.3 is 14.4 Å². The van der Waals surface area contributed by atoms with Crippen molar-refractivity contribution in [3.63, 3.8) is 0 Å². The fourth-order valence-corrected chi connectivity index (χ4v) is 1.27. The zero-order valence-electron chi connectivity index (χ0n) is 8.77. The van der Waals surface area contributed by atoms with Gasteiger partial charge in [-0.25, -0.2) is 4.98 Å². The highest BCUT2D eigenvalue weighted by Crippen LogP contribution is 1.96. The Morgan fingerprint density at radius 2 is 2.33 bits per heavy atom. The Hall–Kier alpha value is -1.69. The molecule has 0 amide bonds. The van der Waals surface area contributed by atoms with Crippen molar-refractivity contribution in [1.82, 2.24) is 25.0 Å². The van der Waals surface area contributed by atoms with Gasteiger partial charge in [0.15, 0.2) is 5.82 Å². The van der Waals surface area contributed by atoms with E-state index >= 15 is 0 Å². The third-order valence-corrected chi connectivity index (χ3v) is 2.06. The van der Waals surface area contributed by atoms with Crippen molar-refractivity contribution in [3.05, 3.63) is 29.9 Å². The van der Waals surface area contributed by atoms with E-state index in [9.17, 15) is 0 Å². The molecule has 6 heteroatoms. The first kappa shape index (κ1) is 9.85. The van der Waals surface area contributed by atoms with Gasteiger partial charge in [-0.05, 0) is 0 Å². The molecule has 2 aromatic rings. The van der Waals surface area contributed by atoms with Crippen LogP contribution in [0.3, 0.4) is 0 Å². The summed E-state index contributed by atoms with van der Waals surface area (Å²) in [5.74, 6) is 2.24. The second-order valence-corrected chi connectivity index (χ2v) is 3.29. The van der Waals surface area contributed by atoms with E-state index in [-0.39, 0.29) is 0 Å². The fraction of sp³-hybridized carbons (Fsp3) is 0.444. The molecule has 2 rings (SSSR count). The topological polar surface area (TPSA) is 68.8 Å². The number of nitrogens with one attached hydrogen (secondary N) is 1. The van der Waals surface area contributed by atoms with E-state index in [1.165, 1.54) is 0 Å². The van der Waals surface area contributed by atoms with Gasteiger partial charge in [0.05, 0.1) is 13.1 Å². The molecule has 1 N–H and O–H groups in total. The van der Waals surface area contributed by atoms with Gasteiger partial charge in [-0.3, -0.25) is 0 Å². The number of aryl methyl sites for hydroxylation is 2. The van der Waals surface area contributed by atoms with E-state index in [0.29, 0.717) is 24.8 Å². The highest BCUT2D eigenvalue weighted by Gasteiger charge is 2.02. The number of nitrogens with zero attached hydrogens (tertiary/aromatic N) is 4. The number of imidazole rings is 1. The van der Waals surface area contributed by atoms with Crippen molar-refractivity contribution in [2.24, 2.45) is 7.05 Å². The molecule has 2 heterocycles. The molecule has 2 aromatic heterocycles. The van der Waals surface area contributed by atoms with Crippen LogP contribution in [-0.4, -0.2) is 19.7 Å². The summed E-state index contributed by atoms with van der Waals surface area (Å²) in [6.07, 6.45) is 3.69. The number of rotatable bonds is 4. The Kier molecular flexibility index (Phi) is 2.77. The van der Waals surface area contributed by atoms with Crippen LogP contribution >= 0.6 is 0 Å². The minimum atomic E-state index is 0.587. The summed E-state index contributed by atoms with van der Waals surface area (Å²) in [5, 5.41) is 6.97. The molecule has 0 bridgehead atoms. The number of hydrogen-bond donors (Lipinski definition) is 1. The van der Waals surface area contributed by atoms with Gasteiger partial charge in [0.2, 0.25) is 5.89 Å². The quantitative estimate of drug-likeness (QED) is 0.786. The normalized spacial score (nSPS) is 10.8. The first-order chi connectivity index (χ1) is 7.25. The van der Waals surface area contributed by atoms with E-state index in [0.717, 1.165) is 5.82 Å². The van der Waals surface area contributed by atoms with Crippen molar-refractivity contribution in [2.45, 2.75) is 20.0 Å². The van der Waals surface area contributed by atoms with Crippen LogP contribution in [0.5, 0.6) is 0 Å². The molecule has 0 aliphatic rings. The summed E-state index contributed by atoms with van der Waals surface area (Å²) < 4.78 is 6.82. The Morgan fingerprint density at radius 3 is 2.93 bits per heavy atom. The molecule has 0 aliphatic heterocycles. The van der Waals surface area contributed by atoms with Gasteiger partial charge in [-0.2, -0.15) is 4.98 Å². The molecule has 15 heavy (non-hydrogen) atoms. The summed E-state index contributed by atoms with van der Waals surface area (Å²) in [5.41, 5.74) is 0. The maximum absolute atomic E-state index is 4.85. The predicted octanol–water partition coefficient (Wildman–Crippen LogP) is 0.401. The average molecular weight is 207 g/mol. The van der Waals surface area contributed by atoms with E-state index < -0.39 is 0 Å². The van der Waals surface area contributed by atoms with Gasteiger partial charge in [0.1, 0.15) is 5.82 Å². The molecule has 0 fully saturated rings. The van der Waals surface area contributed by atoms with Crippen LogP contribution in [0.15, 0.2) is 16.9 Å². The maximum atomic E-state index is 4.85. The lowest BCUT2D eigenvalue weighted by Gasteiger charge is -2.01. The first-order valence-corrected chi connectivity index (χ1v) is 4.72. The Bertz CT molecular complexity index is 433.